The van der Waals surface area contributed by atoms with E-state index in [9.17, 15) is 13.2 Å². The summed E-state index contributed by atoms with van der Waals surface area (Å²) >= 11 is 1.46. The molecule has 2 rings (SSSR count). The largest absolute Gasteiger partial charge is 0.416 e. The fourth-order valence-electron chi connectivity index (χ4n) is 1.70. The summed E-state index contributed by atoms with van der Waals surface area (Å²) in [7, 11) is 0. The van der Waals surface area contributed by atoms with Crippen LogP contribution in [0.15, 0.2) is 41.8 Å². The van der Waals surface area contributed by atoms with E-state index < -0.39 is 11.7 Å². The van der Waals surface area contributed by atoms with Crippen molar-refractivity contribution in [3.05, 3.63) is 42.5 Å². The lowest BCUT2D eigenvalue weighted by Crippen LogP contribution is -2.06. The maximum atomic E-state index is 12.5. The van der Waals surface area contributed by atoms with Gasteiger partial charge >= 0.3 is 6.18 Å². The second-order valence-electron chi connectivity index (χ2n) is 4.25. The van der Waals surface area contributed by atoms with Gasteiger partial charge in [0, 0.05) is 29.5 Å². The van der Waals surface area contributed by atoms with Gasteiger partial charge in [-0.1, -0.05) is 0 Å². The summed E-state index contributed by atoms with van der Waals surface area (Å²) < 4.78 is 39.4. The van der Waals surface area contributed by atoms with Crippen molar-refractivity contribution < 1.29 is 13.2 Å². The van der Waals surface area contributed by atoms with Crippen molar-refractivity contribution in [3.63, 3.8) is 0 Å². The Balaban J connectivity index is 1.87. The highest BCUT2D eigenvalue weighted by atomic mass is 32.2. The van der Waals surface area contributed by atoms with Crippen molar-refractivity contribution >= 4 is 17.4 Å². The predicted octanol–water partition coefficient (Wildman–Crippen LogP) is 3.67. The Kier molecular flexibility index (Phi) is 4.59. The first-order chi connectivity index (χ1) is 9.47. The molecule has 0 radical (unpaired) electrons. The molecule has 0 fully saturated rings. The summed E-state index contributed by atoms with van der Waals surface area (Å²) in [5.74, 6) is 0.785. The first-order valence-electron chi connectivity index (χ1n) is 6.02. The van der Waals surface area contributed by atoms with Gasteiger partial charge in [-0.2, -0.15) is 13.2 Å². The van der Waals surface area contributed by atoms with Gasteiger partial charge < -0.3 is 10.3 Å². The van der Waals surface area contributed by atoms with E-state index >= 15 is 0 Å². The van der Waals surface area contributed by atoms with Crippen LogP contribution >= 0.6 is 11.8 Å². The van der Waals surface area contributed by atoms with Gasteiger partial charge in [0.15, 0.2) is 0 Å². The quantitative estimate of drug-likeness (QED) is 0.520. The monoisotopic (exact) mass is 301 g/mol. The van der Waals surface area contributed by atoms with Crippen molar-refractivity contribution in [2.24, 2.45) is 0 Å². The normalized spacial score (nSPS) is 11.8. The first kappa shape index (κ1) is 14.8. The molecule has 0 bridgehead atoms. The highest BCUT2D eigenvalue weighted by molar-refractivity contribution is 7.99. The molecule has 0 spiro atoms. The predicted molar refractivity (Wildman–Crippen MR) is 73.4 cm³/mol. The van der Waals surface area contributed by atoms with Crippen LogP contribution in [0, 0.1) is 0 Å². The molecule has 0 aliphatic rings. The lowest BCUT2D eigenvalue weighted by molar-refractivity contribution is -0.137. The average Bonchev–Trinajstić information content (AvgIpc) is 2.88. The summed E-state index contributed by atoms with van der Waals surface area (Å²) in [6.45, 7) is 0.827. The van der Waals surface area contributed by atoms with Crippen molar-refractivity contribution in [3.8, 4) is 0 Å². The molecule has 7 heteroatoms. The van der Waals surface area contributed by atoms with Gasteiger partial charge in [-0.25, -0.2) is 4.98 Å². The number of hydrogen-bond donors (Lipinski definition) is 1. The summed E-state index contributed by atoms with van der Waals surface area (Å²) in [5, 5.41) is 0. The van der Waals surface area contributed by atoms with E-state index in [0.29, 0.717) is 4.90 Å². The van der Waals surface area contributed by atoms with Gasteiger partial charge in [0.05, 0.1) is 11.9 Å². The lowest BCUT2D eigenvalue weighted by Gasteiger charge is -2.10. The molecule has 0 unspecified atom stereocenters. The lowest BCUT2D eigenvalue weighted by atomic mass is 10.2. The molecule has 0 atom stereocenters. The van der Waals surface area contributed by atoms with E-state index in [4.69, 9.17) is 5.73 Å². The Morgan fingerprint density at radius 1 is 1.30 bits per heavy atom. The average molecular weight is 301 g/mol. The summed E-state index contributed by atoms with van der Waals surface area (Å²) in [6.07, 6.45) is 1.86. The second-order valence-corrected chi connectivity index (χ2v) is 5.39. The molecular weight excluding hydrogens is 287 g/mol. The molecule has 0 aliphatic heterocycles. The number of rotatable bonds is 5. The van der Waals surface area contributed by atoms with Crippen molar-refractivity contribution in [1.29, 1.82) is 0 Å². The van der Waals surface area contributed by atoms with Crippen LogP contribution < -0.4 is 5.73 Å². The minimum atomic E-state index is -4.35. The number of aromatic nitrogens is 2. The summed E-state index contributed by atoms with van der Waals surface area (Å²) in [4.78, 5) is 4.62. The zero-order valence-electron chi connectivity index (χ0n) is 10.6. The van der Waals surface area contributed by atoms with E-state index in [2.05, 4.69) is 4.98 Å². The highest BCUT2D eigenvalue weighted by Crippen LogP contribution is 2.34. The molecule has 1 heterocycles. The van der Waals surface area contributed by atoms with Crippen LogP contribution in [0.5, 0.6) is 0 Å². The molecule has 2 N–H and O–H groups in total. The minimum absolute atomic E-state index is 0.174. The number of halogens is 3. The van der Waals surface area contributed by atoms with E-state index in [1.807, 2.05) is 10.8 Å². The topological polar surface area (TPSA) is 43.8 Å². The van der Waals surface area contributed by atoms with Crippen LogP contribution in [-0.2, 0) is 12.7 Å². The molecule has 1 aromatic heterocycles. The van der Waals surface area contributed by atoms with Crippen LogP contribution in [0.25, 0.3) is 0 Å². The van der Waals surface area contributed by atoms with Crippen molar-refractivity contribution in [2.45, 2.75) is 24.0 Å². The molecule has 0 amide bonds. The number of nitrogens with zero attached hydrogens (tertiary/aromatic N) is 2. The Labute approximate surface area is 119 Å². The number of imidazole rings is 1. The Morgan fingerprint density at radius 2 is 2.10 bits per heavy atom. The minimum Gasteiger partial charge on any atom is -0.398 e. The van der Waals surface area contributed by atoms with E-state index in [0.717, 1.165) is 30.9 Å². The number of nitrogen functional groups attached to an aromatic ring is 1. The van der Waals surface area contributed by atoms with E-state index in [-0.39, 0.29) is 5.69 Å². The van der Waals surface area contributed by atoms with Gasteiger partial charge in [0.1, 0.15) is 0 Å². The smallest absolute Gasteiger partial charge is 0.398 e. The van der Waals surface area contributed by atoms with Gasteiger partial charge in [0.25, 0.3) is 0 Å². The molecule has 2 aromatic rings. The zero-order valence-corrected chi connectivity index (χ0v) is 11.4. The third-order valence-electron chi connectivity index (χ3n) is 2.71. The molecule has 1 aromatic carbocycles. The van der Waals surface area contributed by atoms with Gasteiger partial charge in [-0.15, -0.1) is 11.8 Å². The Bertz CT molecular complexity index is 552. The second kappa shape index (κ2) is 6.21. The molecule has 3 nitrogen and oxygen atoms in total. The third-order valence-corrected chi connectivity index (χ3v) is 3.89. The number of benzene rings is 1. The molecule has 0 saturated carbocycles. The van der Waals surface area contributed by atoms with E-state index in [1.54, 1.807) is 12.5 Å². The first-order valence-corrected chi connectivity index (χ1v) is 7.00. The Hall–Kier alpha value is -1.63. The fourth-order valence-corrected chi connectivity index (χ4v) is 2.59. The maximum Gasteiger partial charge on any atom is 0.416 e. The standard InChI is InChI=1S/C13H14F3N3S/c14-13(15,16)10-2-3-12(11(17)8-10)20-7-1-5-19-6-4-18-9-19/h2-4,6,8-9H,1,5,7,17H2. The van der Waals surface area contributed by atoms with Gasteiger partial charge in [-0.3, -0.25) is 0 Å². The summed E-state index contributed by atoms with van der Waals surface area (Å²) in [5.41, 5.74) is 5.12. The van der Waals surface area contributed by atoms with Crippen molar-refractivity contribution in [1.82, 2.24) is 9.55 Å². The van der Waals surface area contributed by atoms with Crippen LogP contribution in [0.3, 0.4) is 0 Å². The van der Waals surface area contributed by atoms with Gasteiger partial charge in [-0.05, 0) is 30.4 Å². The SMILES string of the molecule is Nc1cc(C(F)(F)F)ccc1SCCCn1ccnc1. The van der Waals surface area contributed by atoms with Crippen molar-refractivity contribution in [2.75, 3.05) is 11.5 Å². The molecular formula is C13H14F3N3S. The summed E-state index contributed by atoms with van der Waals surface area (Å²) in [6, 6.07) is 3.48. The molecule has 0 aliphatic carbocycles. The zero-order chi connectivity index (χ0) is 14.6. The number of aryl methyl sites for hydroxylation is 1. The van der Waals surface area contributed by atoms with Crippen LogP contribution in [0.4, 0.5) is 18.9 Å². The fraction of sp³-hybridized carbons (Fsp3) is 0.308. The van der Waals surface area contributed by atoms with Crippen LogP contribution in [-0.4, -0.2) is 15.3 Å². The number of thioether (sulfide) groups is 1. The van der Waals surface area contributed by atoms with Gasteiger partial charge in [0.2, 0.25) is 0 Å². The van der Waals surface area contributed by atoms with Crippen LogP contribution in [0.2, 0.25) is 0 Å². The Morgan fingerprint density at radius 3 is 2.70 bits per heavy atom. The third kappa shape index (κ3) is 3.93. The molecule has 0 saturated heterocycles. The van der Waals surface area contributed by atoms with Crippen LogP contribution in [0.1, 0.15) is 12.0 Å². The molecule has 108 valence electrons. The maximum absolute atomic E-state index is 12.5. The number of hydrogen-bond acceptors (Lipinski definition) is 3. The number of nitrogens with two attached hydrogens (primary N) is 1. The van der Waals surface area contributed by atoms with E-state index in [1.165, 1.54) is 17.8 Å². The number of anilines is 1. The molecule has 20 heavy (non-hydrogen) atoms. The number of alkyl halides is 3. The highest BCUT2D eigenvalue weighted by Gasteiger charge is 2.30.